The van der Waals surface area contributed by atoms with E-state index in [2.05, 4.69) is 52.5 Å². The Morgan fingerprint density at radius 3 is 2.32 bits per heavy atom. The summed E-state index contributed by atoms with van der Waals surface area (Å²) in [6.07, 6.45) is 6.64. The van der Waals surface area contributed by atoms with Crippen LogP contribution in [-0.2, 0) is 44.8 Å². The second kappa shape index (κ2) is 25.9. The van der Waals surface area contributed by atoms with Gasteiger partial charge in [-0.2, -0.15) is 11.8 Å². The quantitative estimate of drug-likeness (QED) is 0.0168. The number of nitrogens with two attached hydrogens (primary N) is 1. The number of nitrogens with zero attached hydrogens (tertiary/aromatic N) is 1. The van der Waals surface area contributed by atoms with Crippen molar-refractivity contribution in [2.75, 3.05) is 32.0 Å². The van der Waals surface area contributed by atoms with Gasteiger partial charge in [-0.15, -0.1) is 0 Å². The minimum Gasteiger partial charge on any atom is -0.396 e. The molecule has 1 unspecified atom stereocenters. The number of hydrogen-bond donors (Lipinski definition) is 13. The van der Waals surface area contributed by atoms with Crippen LogP contribution in [0.15, 0.2) is 12.5 Å². The molecular formula is C36H58N12O11S. The van der Waals surface area contributed by atoms with E-state index in [1.807, 2.05) is 11.8 Å². The summed E-state index contributed by atoms with van der Waals surface area (Å²) < 4.78 is 0. The number of nitrogens with one attached hydrogen (secondary N) is 10. The van der Waals surface area contributed by atoms with Crippen molar-refractivity contribution >= 4 is 65.1 Å². The third-order valence-corrected chi connectivity index (χ3v) is 11.4. The van der Waals surface area contributed by atoms with Crippen LogP contribution in [0.5, 0.6) is 0 Å². The molecule has 14 N–H and O–H groups in total. The van der Waals surface area contributed by atoms with Crippen molar-refractivity contribution in [3.63, 3.8) is 0 Å². The monoisotopic (exact) mass is 866 g/mol. The van der Waals surface area contributed by atoms with E-state index in [1.54, 1.807) is 0 Å². The van der Waals surface area contributed by atoms with Crippen molar-refractivity contribution in [3.8, 4) is 0 Å². The summed E-state index contributed by atoms with van der Waals surface area (Å²) in [5.74, 6) is -5.50. The molecule has 3 rings (SSSR count). The Kier molecular flexibility index (Phi) is 21.1. The highest BCUT2D eigenvalue weighted by molar-refractivity contribution is 8.00. The molecule has 60 heavy (non-hydrogen) atoms. The summed E-state index contributed by atoms with van der Waals surface area (Å²) in [5, 5.41) is 39.3. The van der Waals surface area contributed by atoms with Gasteiger partial charge in [0.2, 0.25) is 47.3 Å². The van der Waals surface area contributed by atoms with E-state index in [0.29, 0.717) is 36.8 Å². The lowest BCUT2D eigenvalue weighted by Crippen LogP contribution is -2.55. The summed E-state index contributed by atoms with van der Waals surface area (Å²) >= 11 is 1.83. The second-order valence-corrected chi connectivity index (χ2v) is 15.9. The van der Waals surface area contributed by atoms with E-state index in [0.717, 1.165) is 25.0 Å². The predicted octanol–water partition coefficient (Wildman–Crippen LogP) is -3.56. The maximum atomic E-state index is 13.2. The standard InChI is InChI=1S/C36H58N12O11S/c1-20(43-35(57)24(14-22-15-38-19-42-22)45-34(56)21(7-6-12-49)13-28(51)48-59)33(55)41-16-29(52)40-17-30(53)44-23(32(37)54)8-4-5-11-39-27(50)10-3-2-9-26-31-25(18-60-26)46-36(58)47-31/h15,19-21,23-26,31,49,59H,2-14,16-18H2,1H3,(H2,37,54)(H,38,42)(H,39,50)(H,40,52)(H,41,55)(H,43,57)(H,44,53)(H,45,56)(H,48,51)(H2,46,47,58)/t20-,21?,23-,24-,25-,26-,31-/m0/s1. The molecule has 0 aromatic carbocycles. The van der Waals surface area contributed by atoms with Crippen molar-refractivity contribution in [2.45, 2.75) is 113 Å². The van der Waals surface area contributed by atoms with Gasteiger partial charge in [0.15, 0.2) is 0 Å². The van der Waals surface area contributed by atoms with Crippen LogP contribution in [0.1, 0.15) is 76.8 Å². The zero-order valence-corrected chi connectivity index (χ0v) is 34.3. The Morgan fingerprint density at radius 2 is 1.62 bits per heavy atom. The molecule has 0 saturated carbocycles. The third-order valence-electron chi connectivity index (χ3n) is 9.87. The summed E-state index contributed by atoms with van der Waals surface area (Å²) in [6, 6.07) is -3.28. The number of hydrogen-bond acceptors (Lipinski definition) is 13. The van der Waals surface area contributed by atoms with Crippen LogP contribution in [0, 0.1) is 5.92 Å². The smallest absolute Gasteiger partial charge is 0.315 e. The maximum Gasteiger partial charge on any atom is 0.315 e. The van der Waals surface area contributed by atoms with Crippen LogP contribution in [0.3, 0.4) is 0 Å². The average Bonchev–Trinajstić information content (AvgIpc) is 3.96. The molecule has 1 aromatic rings. The molecule has 3 heterocycles. The Hall–Kier alpha value is -5.49. The van der Waals surface area contributed by atoms with Crippen LogP contribution >= 0.6 is 11.8 Å². The number of urea groups is 1. The van der Waals surface area contributed by atoms with Crippen LogP contribution in [0.25, 0.3) is 0 Å². The number of thioether (sulfide) groups is 1. The number of primary amides is 1. The minimum atomic E-state index is -1.24. The molecule has 334 valence electrons. The van der Waals surface area contributed by atoms with Crippen molar-refractivity contribution < 1.29 is 53.5 Å². The van der Waals surface area contributed by atoms with Crippen molar-refractivity contribution in [1.29, 1.82) is 0 Å². The molecule has 2 aliphatic heterocycles. The summed E-state index contributed by atoms with van der Waals surface area (Å²) in [7, 11) is 0. The molecule has 0 spiro atoms. The number of amides is 10. The van der Waals surface area contributed by atoms with Gasteiger partial charge in [0.25, 0.3) is 0 Å². The van der Waals surface area contributed by atoms with E-state index >= 15 is 0 Å². The zero-order chi connectivity index (χ0) is 44.0. The number of aromatic amines is 1. The largest absolute Gasteiger partial charge is 0.396 e. The van der Waals surface area contributed by atoms with Crippen molar-refractivity contribution in [3.05, 3.63) is 18.2 Å². The lowest BCUT2D eigenvalue weighted by atomic mass is 9.97. The molecule has 7 atom stereocenters. The number of aliphatic hydroxyl groups is 1. The van der Waals surface area contributed by atoms with Crippen molar-refractivity contribution in [2.24, 2.45) is 11.7 Å². The summed E-state index contributed by atoms with van der Waals surface area (Å²) in [5.41, 5.74) is 7.37. The second-order valence-electron chi connectivity index (χ2n) is 14.6. The number of carbonyl (C=O) groups is 9. The Bertz CT molecular complexity index is 1640. The van der Waals surface area contributed by atoms with Gasteiger partial charge >= 0.3 is 6.03 Å². The highest BCUT2D eigenvalue weighted by Gasteiger charge is 2.42. The van der Waals surface area contributed by atoms with Gasteiger partial charge in [-0.1, -0.05) is 6.42 Å². The lowest BCUT2D eigenvalue weighted by molar-refractivity contribution is -0.137. The normalized spacial score (nSPS) is 18.6. The molecule has 2 aliphatic rings. The Labute approximate surface area is 350 Å². The van der Waals surface area contributed by atoms with Gasteiger partial charge < -0.3 is 58.4 Å². The third kappa shape index (κ3) is 17.4. The van der Waals surface area contributed by atoms with E-state index in [9.17, 15) is 48.3 Å². The molecule has 0 bridgehead atoms. The van der Waals surface area contributed by atoms with Crippen LogP contribution in [0.2, 0.25) is 0 Å². The van der Waals surface area contributed by atoms with Gasteiger partial charge in [-0.3, -0.25) is 43.6 Å². The van der Waals surface area contributed by atoms with Gasteiger partial charge in [-0.25, -0.2) is 15.3 Å². The first-order valence-corrected chi connectivity index (χ1v) is 21.0. The molecule has 0 aliphatic carbocycles. The molecule has 2 fully saturated rings. The molecule has 23 nitrogen and oxygen atoms in total. The number of hydroxylamine groups is 1. The maximum absolute atomic E-state index is 13.2. The fraction of sp³-hybridized carbons (Fsp3) is 0.667. The number of carbonyl (C=O) groups excluding carboxylic acids is 9. The van der Waals surface area contributed by atoms with Gasteiger partial charge in [0, 0.05) is 61.2 Å². The number of unbranched alkanes of at least 4 members (excludes halogenated alkanes) is 2. The number of aliphatic hydroxyl groups excluding tert-OH is 1. The number of aromatic nitrogens is 2. The molecule has 24 heteroatoms. The molecule has 2 saturated heterocycles. The Balaban J connectivity index is 1.32. The fourth-order valence-electron chi connectivity index (χ4n) is 6.58. The summed E-state index contributed by atoms with van der Waals surface area (Å²) in [6.45, 7) is 0.368. The van der Waals surface area contributed by atoms with Crippen LogP contribution in [0.4, 0.5) is 4.79 Å². The highest BCUT2D eigenvalue weighted by atomic mass is 32.2. The first-order valence-electron chi connectivity index (χ1n) is 19.9. The summed E-state index contributed by atoms with van der Waals surface area (Å²) in [4.78, 5) is 118. The van der Waals surface area contributed by atoms with Crippen LogP contribution in [-0.4, -0.2) is 141 Å². The first-order chi connectivity index (χ1) is 28.7. The number of H-pyrrole nitrogens is 1. The molecule has 0 radical (unpaired) electrons. The first kappa shape index (κ1) is 48.9. The number of rotatable bonds is 28. The van der Waals surface area contributed by atoms with Gasteiger partial charge in [0.05, 0.1) is 31.5 Å². The zero-order valence-electron chi connectivity index (χ0n) is 33.5. The van der Waals surface area contributed by atoms with Gasteiger partial charge in [-0.05, 0) is 51.9 Å². The number of fused-ring (bicyclic) bond motifs is 1. The lowest BCUT2D eigenvalue weighted by Gasteiger charge is -2.23. The predicted molar refractivity (Wildman–Crippen MR) is 214 cm³/mol. The molecule has 10 amide bonds. The van der Waals surface area contributed by atoms with Crippen molar-refractivity contribution in [1.82, 2.24) is 58.0 Å². The molecule has 1 aromatic heterocycles. The number of imidazole rings is 1. The van der Waals surface area contributed by atoms with E-state index in [4.69, 9.17) is 10.9 Å². The Morgan fingerprint density at radius 1 is 0.850 bits per heavy atom. The highest BCUT2D eigenvalue weighted by Crippen LogP contribution is 2.33. The molecular weight excluding hydrogens is 809 g/mol. The van der Waals surface area contributed by atoms with E-state index < -0.39 is 84.9 Å². The SMILES string of the molecule is C[C@H](NC(=O)[C@H](Cc1cnc[nH]1)NC(=O)C(CCCO)CC(=O)NO)C(=O)NCC(=O)NCC(=O)N[C@@H](CCCCNC(=O)CCCC[C@@H]1SC[C@@H]2NC(=O)N[C@@H]21)C(N)=O. The van der Waals surface area contributed by atoms with E-state index in [-0.39, 0.29) is 56.3 Å². The topological polar surface area (TPSA) is 357 Å². The average molecular weight is 867 g/mol. The fourth-order valence-corrected chi connectivity index (χ4v) is 8.13. The van der Waals surface area contributed by atoms with Gasteiger partial charge in [0.1, 0.15) is 18.1 Å². The van der Waals surface area contributed by atoms with Crippen LogP contribution < -0.4 is 53.7 Å². The van der Waals surface area contributed by atoms with E-state index in [1.165, 1.54) is 24.9 Å². The minimum absolute atomic E-state index is 0.0745.